The van der Waals surface area contributed by atoms with E-state index in [9.17, 15) is 5.26 Å². The Morgan fingerprint density at radius 1 is 1.42 bits per heavy atom. The third kappa shape index (κ3) is 2.83. The summed E-state index contributed by atoms with van der Waals surface area (Å²) in [6, 6.07) is 10.0. The molecule has 0 fully saturated rings. The molecule has 1 aromatic heterocycles. The molecule has 0 aliphatic carbocycles. The highest BCUT2D eigenvalue weighted by Gasteiger charge is 2.18. The first kappa shape index (κ1) is 14.1. The van der Waals surface area contributed by atoms with Crippen LogP contribution in [0, 0.1) is 11.3 Å². The second-order valence-electron chi connectivity index (χ2n) is 4.57. The highest BCUT2D eigenvalue weighted by molar-refractivity contribution is 9.10. The number of nitrogens with zero attached hydrogens (tertiary/aromatic N) is 3. The molecule has 2 rings (SSSR count). The van der Waals surface area contributed by atoms with E-state index in [2.05, 4.69) is 27.1 Å². The Labute approximate surface area is 125 Å². The fourth-order valence-electron chi connectivity index (χ4n) is 1.86. The average molecular weight is 339 g/mol. The Bertz CT molecular complexity index is 641. The van der Waals surface area contributed by atoms with Crippen molar-refractivity contribution in [3.63, 3.8) is 0 Å². The molecule has 5 heteroatoms. The van der Waals surface area contributed by atoms with Gasteiger partial charge in [-0.1, -0.05) is 59.6 Å². The van der Waals surface area contributed by atoms with E-state index in [4.69, 9.17) is 11.6 Å². The molecule has 0 radical (unpaired) electrons. The van der Waals surface area contributed by atoms with Gasteiger partial charge in [0.2, 0.25) is 0 Å². The van der Waals surface area contributed by atoms with Crippen molar-refractivity contribution in [2.24, 2.45) is 0 Å². The average Bonchev–Trinajstić information content (AvgIpc) is 2.69. The van der Waals surface area contributed by atoms with Gasteiger partial charge in [-0.3, -0.25) is 0 Å². The molecule has 1 aromatic carbocycles. The summed E-state index contributed by atoms with van der Waals surface area (Å²) in [5, 5.41) is 14.0. The van der Waals surface area contributed by atoms with Crippen LogP contribution in [0.4, 0.5) is 0 Å². The number of hydrogen-bond acceptors (Lipinski definition) is 2. The summed E-state index contributed by atoms with van der Waals surface area (Å²) in [7, 11) is 0. The maximum Gasteiger partial charge on any atom is 0.145 e. The van der Waals surface area contributed by atoms with Crippen molar-refractivity contribution in [3.05, 3.63) is 50.7 Å². The number of rotatable bonds is 3. The maximum absolute atomic E-state index is 9.19. The van der Waals surface area contributed by atoms with Gasteiger partial charge in [0.25, 0.3) is 0 Å². The Hall–Kier alpha value is -1.31. The van der Waals surface area contributed by atoms with Gasteiger partial charge in [-0.25, -0.2) is 4.68 Å². The van der Waals surface area contributed by atoms with Crippen molar-refractivity contribution in [2.75, 3.05) is 0 Å². The summed E-state index contributed by atoms with van der Waals surface area (Å²) in [6.45, 7) is 4.55. The van der Waals surface area contributed by atoms with Crippen LogP contribution in [0.15, 0.2) is 28.7 Å². The molecule has 0 amide bonds. The van der Waals surface area contributed by atoms with Gasteiger partial charge in [-0.15, -0.1) is 0 Å². The lowest BCUT2D eigenvalue weighted by molar-refractivity contribution is 0.656. The Balaban J connectivity index is 2.42. The molecule has 0 aliphatic heterocycles. The predicted octanol–water partition coefficient (Wildman–Crippen LogP) is 4.34. The predicted molar refractivity (Wildman–Crippen MR) is 79.3 cm³/mol. The minimum absolute atomic E-state index is 0.174. The van der Waals surface area contributed by atoms with E-state index in [1.165, 1.54) is 0 Å². The monoisotopic (exact) mass is 337 g/mol. The molecule has 19 heavy (non-hydrogen) atoms. The van der Waals surface area contributed by atoms with E-state index in [1.54, 1.807) is 4.68 Å². The largest absolute Gasteiger partial charge is 0.248 e. The van der Waals surface area contributed by atoms with E-state index in [0.717, 1.165) is 15.7 Å². The molecule has 0 atom stereocenters. The van der Waals surface area contributed by atoms with Crippen molar-refractivity contribution in [1.29, 1.82) is 5.26 Å². The van der Waals surface area contributed by atoms with E-state index in [1.807, 2.05) is 38.1 Å². The van der Waals surface area contributed by atoms with Crippen LogP contribution >= 0.6 is 27.5 Å². The van der Waals surface area contributed by atoms with Crippen LogP contribution in [0.5, 0.6) is 0 Å². The second kappa shape index (κ2) is 5.77. The highest BCUT2D eigenvalue weighted by atomic mass is 79.9. The van der Waals surface area contributed by atoms with Crippen LogP contribution in [0.3, 0.4) is 0 Å². The van der Waals surface area contributed by atoms with Gasteiger partial charge in [0.15, 0.2) is 0 Å². The first-order chi connectivity index (χ1) is 9.04. The Kier molecular flexibility index (Phi) is 4.28. The molecule has 2 aromatic rings. The van der Waals surface area contributed by atoms with Crippen LogP contribution in [0.25, 0.3) is 0 Å². The van der Waals surface area contributed by atoms with Crippen LogP contribution in [0.1, 0.15) is 36.6 Å². The molecule has 0 unspecified atom stereocenters. The number of halogens is 2. The van der Waals surface area contributed by atoms with Gasteiger partial charge < -0.3 is 0 Å². The Morgan fingerprint density at radius 2 is 2.11 bits per heavy atom. The van der Waals surface area contributed by atoms with Crippen molar-refractivity contribution < 1.29 is 0 Å². The fraction of sp³-hybridized carbons (Fsp3) is 0.286. The van der Waals surface area contributed by atoms with E-state index < -0.39 is 0 Å². The Morgan fingerprint density at radius 3 is 2.63 bits per heavy atom. The normalized spacial score (nSPS) is 10.7. The molecule has 0 bridgehead atoms. The molecular formula is C14H13BrClN3. The zero-order valence-electron chi connectivity index (χ0n) is 10.7. The summed E-state index contributed by atoms with van der Waals surface area (Å²) in [5.41, 5.74) is 2.30. The topological polar surface area (TPSA) is 41.6 Å². The molecular weight excluding hydrogens is 326 g/mol. The first-order valence-electron chi connectivity index (χ1n) is 5.94. The van der Waals surface area contributed by atoms with Crippen molar-refractivity contribution in [3.8, 4) is 6.07 Å². The standard InChI is InChI=1S/C14H13BrClN3/c1-9(2)13-11(7-17)14(16)19(18-13)8-10-5-3-4-6-12(10)15/h3-6,9H,8H2,1-2H3. The zero-order chi connectivity index (χ0) is 14.0. The molecule has 0 saturated carbocycles. The lowest BCUT2D eigenvalue weighted by atomic mass is 10.1. The van der Waals surface area contributed by atoms with Gasteiger partial charge >= 0.3 is 0 Å². The minimum Gasteiger partial charge on any atom is -0.248 e. The highest BCUT2D eigenvalue weighted by Crippen LogP contribution is 2.26. The van der Waals surface area contributed by atoms with Crippen molar-refractivity contribution >= 4 is 27.5 Å². The van der Waals surface area contributed by atoms with Gasteiger partial charge in [0, 0.05) is 4.47 Å². The van der Waals surface area contributed by atoms with E-state index in [0.29, 0.717) is 17.3 Å². The van der Waals surface area contributed by atoms with Gasteiger partial charge in [-0.2, -0.15) is 10.4 Å². The molecule has 0 aliphatic rings. The quantitative estimate of drug-likeness (QED) is 0.835. The lowest BCUT2D eigenvalue weighted by Gasteiger charge is -2.05. The lowest BCUT2D eigenvalue weighted by Crippen LogP contribution is -2.03. The number of aromatic nitrogens is 2. The molecule has 0 saturated heterocycles. The van der Waals surface area contributed by atoms with E-state index in [-0.39, 0.29) is 5.92 Å². The van der Waals surface area contributed by atoms with Gasteiger partial charge in [0.1, 0.15) is 16.8 Å². The molecule has 3 nitrogen and oxygen atoms in total. The third-order valence-electron chi connectivity index (χ3n) is 2.85. The number of benzene rings is 1. The van der Waals surface area contributed by atoms with Gasteiger partial charge in [-0.05, 0) is 17.5 Å². The SMILES string of the molecule is CC(C)c1nn(Cc2ccccc2Br)c(Cl)c1C#N. The number of nitriles is 1. The zero-order valence-corrected chi connectivity index (χ0v) is 13.0. The summed E-state index contributed by atoms with van der Waals surface area (Å²) >= 11 is 9.74. The van der Waals surface area contributed by atoms with Crippen LogP contribution in [0.2, 0.25) is 5.15 Å². The fourth-order valence-corrected chi connectivity index (χ4v) is 2.51. The van der Waals surface area contributed by atoms with Crippen LogP contribution < -0.4 is 0 Å². The summed E-state index contributed by atoms with van der Waals surface area (Å²) in [4.78, 5) is 0. The molecule has 0 spiro atoms. The van der Waals surface area contributed by atoms with E-state index >= 15 is 0 Å². The minimum atomic E-state index is 0.174. The third-order valence-corrected chi connectivity index (χ3v) is 4.01. The summed E-state index contributed by atoms with van der Waals surface area (Å²) in [5.74, 6) is 0.174. The molecule has 1 heterocycles. The smallest absolute Gasteiger partial charge is 0.145 e. The molecule has 0 N–H and O–H groups in total. The second-order valence-corrected chi connectivity index (χ2v) is 5.78. The van der Waals surface area contributed by atoms with Crippen LogP contribution in [-0.4, -0.2) is 9.78 Å². The van der Waals surface area contributed by atoms with Gasteiger partial charge in [0.05, 0.1) is 12.2 Å². The summed E-state index contributed by atoms with van der Waals surface area (Å²) < 4.78 is 2.68. The van der Waals surface area contributed by atoms with Crippen molar-refractivity contribution in [1.82, 2.24) is 9.78 Å². The summed E-state index contributed by atoms with van der Waals surface area (Å²) in [6.07, 6.45) is 0. The number of hydrogen-bond donors (Lipinski definition) is 0. The first-order valence-corrected chi connectivity index (χ1v) is 7.11. The van der Waals surface area contributed by atoms with Crippen LogP contribution in [-0.2, 0) is 6.54 Å². The maximum atomic E-state index is 9.19. The van der Waals surface area contributed by atoms with Crippen molar-refractivity contribution in [2.45, 2.75) is 26.3 Å². The molecule has 98 valence electrons.